The van der Waals surface area contributed by atoms with Crippen molar-refractivity contribution >= 4 is 17.0 Å². The average Bonchev–Trinajstić information content (AvgIpc) is 2.71. The van der Waals surface area contributed by atoms with Gasteiger partial charge >= 0.3 is 6.09 Å². The van der Waals surface area contributed by atoms with Gasteiger partial charge in [-0.2, -0.15) is 0 Å². The number of benzene rings is 1. The van der Waals surface area contributed by atoms with Gasteiger partial charge in [0.05, 0.1) is 0 Å². The zero-order chi connectivity index (χ0) is 13.1. The minimum Gasteiger partial charge on any atom is -0.446 e. The number of nitrogens with one attached hydrogen (secondary N) is 1. The van der Waals surface area contributed by atoms with Gasteiger partial charge in [-0.05, 0) is 17.5 Å². The average molecular weight is 246 g/mol. The number of hydrogen-bond donors (Lipinski definition) is 2. The Balaban J connectivity index is 2.23. The number of nitrogens with two attached hydrogens (primary N) is 1. The summed E-state index contributed by atoms with van der Waals surface area (Å²) >= 11 is 0. The van der Waals surface area contributed by atoms with E-state index in [1.54, 1.807) is 0 Å². The number of para-hydroxylation sites is 1. The lowest BCUT2D eigenvalue weighted by molar-refractivity contribution is 0.0790. The molecule has 3 N–H and O–H groups in total. The van der Waals surface area contributed by atoms with E-state index in [1.807, 2.05) is 38.2 Å². The first-order valence-corrected chi connectivity index (χ1v) is 6.09. The van der Waals surface area contributed by atoms with Crippen molar-refractivity contribution in [3.05, 3.63) is 36.0 Å². The second kappa shape index (κ2) is 5.12. The molecule has 18 heavy (non-hydrogen) atoms. The molecule has 0 spiro atoms. The summed E-state index contributed by atoms with van der Waals surface area (Å²) in [4.78, 5) is 14.1. The van der Waals surface area contributed by atoms with Gasteiger partial charge in [-0.3, -0.25) is 0 Å². The maximum atomic E-state index is 10.9. The SMILES string of the molecule is CC(C)[C@@H](Cc1c[nH]c2ccccc12)OC(N)=O. The van der Waals surface area contributed by atoms with Crippen molar-refractivity contribution in [2.75, 3.05) is 0 Å². The maximum Gasteiger partial charge on any atom is 0.404 e. The standard InChI is InChI=1S/C14H18N2O2/c1-9(2)13(18-14(15)17)7-10-8-16-12-6-4-3-5-11(10)12/h3-6,8-9,13,16H,7H2,1-2H3,(H2,15,17)/t13-/m1/s1. The molecular formula is C14H18N2O2. The van der Waals surface area contributed by atoms with Gasteiger partial charge in [0.15, 0.2) is 0 Å². The summed E-state index contributed by atoms with van der Waals surface area (Å²) in [7, 11) is 0. The fourth-order valence-electron chi connectivity index (χ4n) is 2.08. The lowest BCUT2D eigenvalue weighted by atomic mass is 9.99. The van der Waals surface area contributed by atoms with E-state index in [1.165, 1.54) is 0 Å². The van der Waals surface area contributed by atoms with Crippen LogP contribution >= 0.6 is 0 Å². The van der Waals surface area contributed by atoms with E-state index in [2.05, 4.69) is 11.1 Å². The van der Waals surface area contributed by atoms with Crippen LogP contribution in [-0.2, 0) is 11.2 Å². The third-order valence-corrected chi connectivity index (χ3v) is 3.11. The highest BCUT2D eigenvalue weighted by molar-refractivity contribution is 5.83. The van der Waals surface area contributed by atoms with Gasteiger partial charge in [-0.25, -0.2) is 4.79 Å². The monoisotopic (exact) mass is 246 g/mol. The van der Waals surface area contributed by atoms with Gasteiger partial charge in [0, 0.05) is 23.5 Å². The highest BCUT2D eigenvalue weighted by Gasteiger charge is 2.19. The molecule has 0 aliphatic carbocycles. The number of amides is 1. The predicted octanol–water partition coefficient (Wildman–Crippen LogP) is 2.83. The van der Waals surface area contributed by atoms with E-state index < -0.39 is 6.09 Å². The topological polar surface area (TPSA) is 68.1 Å². The molecule has 0 bridgehead atoms. The summed E-state index contributed by atoms with van der Waals surface area (Å²) in [6, 6.07) is 8.07. The Hall–Kier alpha value is -1.97. The van der Waals surface area contributed by atoms with Crippen molar-refractivity contribution < 1.29 is 9.53 Å². The molecule has 96 valence electrons. The van der Waals surface area contributed by atoms with Crippen LogP contribution in [-0.4, -0.2) is 17.2 Å². The number of aromatic amines is 1. The molecule has 1 heterocycles. The Morgan fingerprint density at radius 1 is 1.39 bits per heavy atom. The first-order valence-electron chi connectivity index (χ1n) is 6.09. The van der Waals surface area contributed by atoms with Crippen LogP contribution in [0.4, 0.5) is 4.79 Å². The molecule has 0 unspecified atom stereocenters. The summed E-state index contributed by atoms with van der Waals surface area (Å²) in [5, 5.41) is 1.16. The van der Waals surface area contributed by atoms with Crippen molar-refractivity contribution in [1.29, 1.82) is 0 Å². The molecule has 0 aliphatic heterocycles. The van der Waals surface area contributed by atoms with Crippen molar-refractivity contribution in [3.8, 4) is 0 Å². The molecule has 2 rings (SSSR count). The van der Waals surface area contributed by atoms with Gasteiger partial charge in [-0.1, -0.05) is 32.0 Å². The zero-order valence-corrected chi connectivity index (χ0v) is 10.6. The minimum absolute atomic E-state index is 0.193. The number of ether oxygens (including phenoxy) is 1. The number of fused-ring (bicyclic) bond motifs is 1. The molecule has 2 aromatic rings. The van der Waals surface area contributed by atoms with E-state index >= 15 is 0 Å². The third-order valence-electron chi connectivity index (χ3n) is 3.11. The number of rotatable bonds is 4. The second-order valence-electron chi connectivity index (χ2n) is 4.78. The molecule has 0 aliphatic rings. The molecule has 0 radical (unpaired) electrons. The summed E-state index contributed by atoms with van der Waals surface area (Å²) < 4.78 is 5.16. The Morgan fingerprint density at radius 3 is 2.78 bits per heavy atom. The van der Waals surface area contributed by atoms with Crippen molar-refractivity contribution in [2.45, 2.75) is 26.4 Å². The van der Waals surface area contributed by atoms with E-state index in [-0.39, 0.29) is 12.0 Å². The van der Waals surface area contributed by atoms with Crippen LogP contribution in [0.25, 0.3) is 10.9 Å². The molecule has 1 amide bonds. The number of aromatic nitrogens is 1. The summed E-state index contributed by atoms with van der Waals surface area (Å²) in [6.07, 6.45) is 1.73. The number of H-pyrrole nitrogens is 1. The zero-order valence-electron chi connectivity index (χ0n) is 10.6. The lowest BCUT2D eigenvalue weighted by Gasteiger charge is -2.19. The summed E-state index contributed by atoms with van der Waals surface area (Å²) in [5.41, 5.74) is 7.34. The van der Waals surface area contributed by atoms with E-state index in [0.717, 1.165) is 16.5 Å². The van der Waals surface area contributed by atoms with E-state index in [4.69, 9.17) is 10.5 Å². The van der Waals surface area contributed by atoms with Crippen LogP contribution in [0.3, 0.4) is 0 Å². The molecule has 1 aromatic heterocycles. The Bertz CT molecular complexity index is 545. The largest absolute Gasteiger partial charge is 0.446 e. The third kappa shape index (κ3) is 2.64. The highest BCUT2D eigenvalue weighted by atomic mass is 16.6. The van der Waals surface area contributed by atoms with Gasteiger partial charge in [0.2, 0.25) is 0 Å². The van der Waals surface area contributed by atoms with Gasteiger partial charge in [0.1, 0.15) is 6.10 Å². The fraction of sp³-hybridized carbons (Fsp3) is 0.357. The molecule has 0 fully saturated rings. The number of primary amides is 1. The molecule has 0 saturated carbocycles. The van der Waals surface area contributed by atoms with Crippen molar-refractivity contribution in [2.24, 2.45) is 11.7 Å². The second-order valence-corrected chi connectivity index (χ2v) is 4.78. The number of carbonyl (C=O) groups is 1. The predicted molar refractivity (Wildman–Crippen MR) is 71.3 cm³/mol. The van der Waals surface area contributed by atoms with Crippen LogP contribution < -0.4 is 5.73 Å². The van der Waals surface area contributed by atoms with Crippen LogP contribution in [0, 0.1) is 5.92 Å². The normalized spacial score (nSPS) is 12.8. The van der Waals surface area contributed by atoms with Crippen LogP contribution in [0.15, 0.2) is 30.5 Å². The van der Waals surface area contributed by atoms with Crippen molar-refractivity contribution in [1.82, 2.24) is 4.98 Å². The maximum absolute atomic E-state index is 10.9. The Labute approximate surface area is 106 Å². The van der Waals surface area contributed by atoms with Crippen LogP contribution in [0.5, 0.6) is 0 Å². The van der Waals surface area contributed by atoms with Crippen molar-refractivity contribution in [3.63, 3.8) is 0 Å². The summed E-state index contributed by atoms with van der Waals surface area (Å²) in [5.74, 6) is 0.228. The highest BCUT2D eigenvalue weighted by Crippen LogP contribution is 2.22. The van der Waals surface area contributed by atoms with Gasteiger partial charge < -0.3 is 15.5 Å². The molecular weight excluding hydrogens is 228 g/mol. The quantitative estimate of drug-likeness (QED) is 0.871. The Morgan fingerprint density at radius 2 is 2.11 bits per heavy atom. The number of carbonyl (C=O) groups excluding carboxylic acids is 1. The molecule has 4 heteroatoms. The van der Waals surface area contributed by atoms with E-state index in [0.29, 0.717) is 6.42 Å². The van der Waals surface area contributed by atoms with Gasteiger partial charge in [-0.15, -0.1) is 0 Å². The smallest absolute Gasteiger partial charge is 0.404 e. The molecule has 1 aromatic carbocycles. The number of hydrogen-bond acceptors (Lipinski definition) is 2. The molecule has 4 nitrogen and oxygen atoms in total. The minimum atomic E-state index is -0.714. The van der Waals surface area contributed by atoms with E-state index in [9.17, 15) is 4.79 Å². The van der Waals surface area contributed by atoms with Gasteiger partial charge in [0.25, 0.3) is 0 Å². The first-order chi connectivity index (χ1) is 8.58. The van der Waals surface area contributed by atoms with Crippen LogP contribution in [0.1, 0.15) is 19.4 Å². The summed E-state index contributed by atoms with van der Waals surface area (Å²) in [6.45, 7) is 4.03. The molecule has 1 atom stereocenters. The molecule has 0 saturated heterocycles. The fourth-order valence-corrected chi connectivity index (χ4v) is 2.08. The van der Waals surface area contributed by atoms with Crippen LogP contribution in [0.2, 0.25) is 0 Å². The first kappa shape index (κ1) is 12.5. The Kier molecular flexibility index (Phi) is 3.55. The lowest BCUT2D eigenvalue weighted by Crippen LogP contribution is -2.28.